The predicted molar refractivity (Wildman–Crippen MR) is 44.7 cm³/mol. The first-order chi connectivity index (χ1) is 5.13. The molecule has 58 valence electrons. The highest BCUT2D eigenvalue weighted by molar-refractivity contribution is 7.48. The van der Waals surface area contributed by atoms with Crippen molar-refractivity contribution in [2.24, 2.45) is 0 Å². The van der Waals surface area contributed by atoms with E-state index in [9.17, 15) is 4.57 Å². The first-order valence-electron chi connectivity index (χ1n) is 2.93. The van der Waals surface area contributed by atoms with Gasteiger partial charge in [-0.25, -0.2) is 0 Å². The molecule has 1 aromatic carbocycles. The summed E-state index contributed by atoms with van der Waals surface area (Å²) < 4.78 is 10.6. The van der Waals surface area contributed by atoms with Crippen LogP contribution in [0, 0.1) is 0 Å². The third-order valence-electron chi connectivity index (χ3n) is 1.29. The van der Waals surface area contributed by atoms with Gasteiger partial charge in [-0.1, -0.05) is 6.07 Å². The van der Waals surface area contributed by atoms with Gasteiger partial charge < -0.3 is 11.5 Å². The van der Waals surface area contributed by atoms with Crippen molar-refractivity contribution < 1.29 is 9.46 Å². The Hall–Kier alpha value is -1.12. The lowest BCUT2D eigenvalue weighted by atomic mass is 10.3. The molecule has 0 aliphatic heterocycles. The smallest absolute Gasteiger partial charge is 0.395 e. The van der Waals surface area contributed by atoms with E-state index in [4.69, 9.17) is 16.4 Å². The molecule has 0 heterocycles. The Morgan fingerprint density at radius 1 is 1.27 bits per heavy atom. The molecule has 0 aromatic heterocycles. The summed E-state index contributed by atoms with van der Waals surface area (Å²) in [4.78, 5) is 8.73. The molecule has 5 N–H and O–H groups in total. The Bertz CT molecular complexity index is 280. The Kier molecular flexibility index (Phi) is 2.08. The van der Waals surface area contributed by atoms with Crippen LogP contribution in [0.4, 0.5) is 11.4 Å². The lowest BCUT2D eigenvalue weighted by molar-refractivity contribution is 0.513. The van der Waals surface area contributed by atoms with E-state index in [0.29, 0.717) is 0 Å². The monoisotopic (exact) mass is 171 g/mol. The molecule has 1 aromatic rings. The Labute approximate surface area is 64.7 Å². The SMILES string of the molecule is Nc1cccc(N)c1[P+](=O)O. The Morgan fingerprint density at radius 2 is 1.73 bits per heavy atom. The van der Waals surface area contributed by atoms with Crippen LogP contribution in [0.3, 0.4) is 0 Å². The van der Waals surface area contributed by atoms with E-state index in [0.717, 1.165) is 0 Å². The number of benzene rings is 1. The average molecular weight is 171 g/mol. The maximum absolute atomic E-state index is 10.6. The second kappa shape index (κ2) is 2.86. The third kappa shape index (κ3) is 1.48. The average Bonchev–Trinajstić information content (AvgIpc) is 1.85. The summed E-state index contributed by atoms with van der Waals surface area (Å²) >= 11 is 0. The fourth-order valence-electron chi connectivity index (χ4n) is 0.801. The number of anilines is 2. The van der Waals surface area contributed by atoms with Crippen molar-refractivity contribution in [1.29, 1.82) is 0 Å². The topological polar surface area (TPSA) is 89.3 Å². The van der Waals surface area contributed by atoms with Gasteiger partial charge in [-0.15, -0.1) is 0 Å². The molecule has 0 amide bonds. The minimum atomic E-state index is -2.44. The summed E-state index contributed by atoms with van der Waals surface area (Å²) in [5.74, 6) is 0. The van der Waals surface area contributed by atoms with E-state index in [1.165, 1.54) is 12.1 Å². The minimum Gasteiger partial charge on any atom is -0.395 e. The second-order valence-electron chi connectivity index (χ2n) is 2.06. The number of hydrogen-bond acceptors (Lipinski definition) is 3. The minimum absolute atomic E-state index is 0.127. The van der Waals surface area contributed by atoms with Crippen LogP contribution in [-0.2, 0) is 4.57 Å². The van der Waals surface area contributed by atoms with E-state index in [2.05, 4.69) is 0 Å². The summed E-state index contributed by atoms with van der Waals surface area (Å²) in [7, 11) is -2.44. The predicted octanol–water partition coefficient (Wildman–Crippen LogP) is 0.211. The first kappa shape index (κ1) is 7.98. The molecule has 0 saturated carbocycles. The van der Waals surface area contributed by atoms with Crippen LogP contribution < -0.4 is 16.8 Å². The highest BCUT2D eigenvalue weighted by atomic mass is 31.1. The molecule has 1 rings (SSSR count). The molecule has 1 unspecified atom stereocenters. The lowest BCUT2D eigenvalue weighted by Crippen LogP contribution is -2.10. The van der Waals surface area contributed by atoms with Gasteiger partial charge >= 0.3 is 8.03 Å². The van der Waals surface area contributed by atoms with Crippen LogP contribution in [0.5, 0.6) is 0 Å². The molecule has 0 spiro atoms. The van der Waals surface area contributed by atoms with E-state index >= 15 is 0 Å². The van der Waals surface area contributed by atoms with Gasteiger partial charge in [-0.05, 0) is 16.7 Å². The van der Waals surface area contributed by atoms with Crippen LogP contribution in [0.25, 0.3) is 0 Å². The molecule has 0 radical (unpaired) electrons. The summed E-state index contributed by atoms with van der Waals surface area (Å²) in [6.07, 6.45) is 0. The zero-order valence-corrected chi connectivity index (χ0v) is 6.58. The molecule has 0 aliphatic carbocycles. The van der Waals surface area contributed by atoms with Crippen LogP contribution >= 0.6 is 8.03 Å². The summed E-state index contributed by atoms with van der Waals surface area (Å²) in [5, 5.41) is 0.127. The van der Waals surface area contributed by atoms with Gasteiger partial charge in [-0.3, -0.25) is 0 Å². The Morgan fingerprint density at radius 3 is 2.00 bits per heavy atom. The summed E-state index contributed by atoms with van der Waals surface area (Å²) in [6, 6.07) is 4.71. The zero-order valence-electron chi connectivity index (χ0n) is 5.69. The highest BCUT2D eigenvalue weighted by Crippen LogP contribution is 2.21. The summed E-state index contributed by atoms with van der Waals surface area (Å²) in [5.41, 5.74) is 11.3. The van der Waals surface area contributed by atoms with Gasteiger partial charge in [-0.2, -0.15) is 4.89 Å². The molecule has 1 atom stereocenters. The highest BCUT2D eigenvalue weighted by Gasteiger charge is 2.23. The first-order valence-corrected chi connectivity index (χ1v) is 4.14. The molecule has 5 heteroatoms. The summed E-state index contributed by atoms with van der Waals surface area (Å²) in [6.45, 7) is 0. The van der Waals surface area contributed by atoms with Crippen molar-refractivity contribution in [3.8, 4) is 0 Å². The van der Waals surface area contributed by atoms with Crippen molar-refractivity contribution in [3.05, 3.63) is 18.2 Å². The molecular weight excluding hydrogens is 163 g/mol. The Balaban J connectivity index is 3.32. The molecule has 11 heavy (non-hydrogen) atoms. The van der Waals surface area contributed by atoms with Crippen LogP contribution in [0.15, 0.2) is 18.2 Å². The zero-order chi connectivity index (χ0) is 8.43. The maximum atomic E-state index is 10.6. The van der Waals surface area contributed by atoms with Crippen LogP contribution in [-0.4, -0.2) is 4.89 Å². The molecule has 0 aliphatic rings. The number of nitrogens with two attached hydrogens (primary N) is 2. The molecule has 0 fully saturated rings. The molecule has 0 saturated heterocycles. The number of rotatable bonds is 1. The van der Waals surface area contributed by atoms with E-state index < -0.39 is 8.03 Å². The molecular formula is C6H8N2O2P+. The van der Waals surface area contributed by atoms with E-state index in [1.54, 1.807) is 6.07 Å². The number of nitrogen functional groups attached to an aromatic ring is 2. The van der Waals surface area contributed by atoms with Crippen LogP contribution in [0.2, 0.25) is 0 Å². The van der Waals surface area contributed by atoms with Gasteiger partial charge in [0, 0.05) is 0 Å². The molecule has 4 nitrogen and oxygen atoms in total. The quantitative estimate of drug-likeness (QED) is 0.416. The van der Waals surface area contributed by atoms with Gasteiger partial charge in [0.2, 0.25) is 0 Å². The second-order valence-corrected chi connectivity index (χ2v) is 3.05. The van der Waals surface area contributed by atoms with Gasteiger partial charge in [0.15, 0.2) is 0 Å². The van der Waals surface area contributed by atoms with Crippen molar-refractivity contribution in [2.45, 2.75) is 0 Å². The fourth-order valence-corrected chi connectivity index (χ4v) is 1.39. The third-order valence-corrected chi connectivity index (χ3v) is 2.19. The lowest BCUT2D eigenvalue weighted by Gasteiger charge is -1.94. The molecule has 0 bridgehead atoms. The van der Waals surface area contributed by atoms with Gasteiger partial charge in [0.25, 0.3) is 5.30 Å². The van der Waals surface area contributed by atoms with Crippen molar-refractivity contribution in [3.63, 3.8) is 0 Å². The van der Waals surface area contributed by atoms with E-state index in [-0.39, 0.29) is 16.7 Å². The fraction of sp³-hybridized carbons (Fsp3) is 0. The standard InChI is InChI=1S/C6H7N2O2P/c7-4-2-1-3-5(8)6(4)11(9)10/h1-3H,7-8H2/p+1. The number of hydrogen-bond donors (Lipinski definition) is 3. The van der Waals surface area contributed by atoms with Crippen molar-refractivity contribution in [1.82, 2.24) is 0 Å². The maximum Gasteiger partial charge on any atom is 0.550 e. The van der Waals surface area contributed by atoms with Gasteiger partial charge in [0.05, 0.1) is 11.4 Å². The normalized spacial score (nSPS) is 11.2. The van der Waals surface area contributed by atoms with Crippen LogP contribution in [0.1, 0.15) is 0 Å². The van der Waals surface area contributed by atoms with Gasteiger partial charge in [0.1, 0.15) is 0 Å². The van der Waals surface area contributed by atoms with Crippen molar-refractivity contribution in [2.75, 3.05) is 11.5 Å². The largest absolute Gasteiger partial charge is 0.550 e. The van der Waals surface area contributed by atoms with E-state index in [1.807, 2.05) is 0 Å². The van der Waals surface area contributed by atoms with Crippen molar-refractivity contribution >= 4 is 24.7 Å².